The fourth-order valence-electron chi connectivity index (χ4n) is 3.59. The Kier molecular flexibility index (Phi) is 3.66. The third kappa shape index (κ3) is 2.42. The molecular formula is C16H19ClN2O2. The minimum atomic E-state index is -0.687. The molecule has 1 saturated heterocycles. The van der Waals surface area contributed by atoms with Crippen molar-refractivity contribution in [3.8, 4) is 0 Å². The molecular weight excluding hydrogens is 288 g/mol. The number of hydrogen-bond acceptors (Lipinski definition) is 2. The lowest BCUT2D eigenvalue weighted by Gasteiger charge is -2.40. The zero-order valence-corrected chi connectivity index (χ0v) is 12.8. The van der Waals surface area contributed by atoms with E-state index in [4.69, 9.17) is 11.6 Å². The fraction of sp³-hybridized carbons (Fsp3) is 0.500. The summed E-state index contributed by atoms with van der Waals surface area (Å²) in [5, 5.41) is 3.12. The van der Waals surface area contributed by atoms with Gasteiger partial charge in [0.1, 0.15) is 5.54 Å². The number of halogens is 1. The van der Waals surface area contributed by atoms with Gasteiger partial charge < -0.3 is 4.90 Å². The van der Waals surface area contributed by atoms with Gasteiger partial charge in [0.05, 0.1) is 0 Å². The van der Waals surface area contributed by atoms with Gasteiger partial charge in [-0.25, -0.2) is 4.79 Å². The molecule has 0 bridgehead atoms. The predicted molar refractivity (Wildman–Crippen MR) is 80.9 cm³/mol. The van der Waals surface area contributed by atoms with Gasteiger partial charge in [0.25, 0.3) is 5.91 Å². The number of carbonyl (C=O) groups excluding carboxylic acids is 2. The van der Waals surface area contributed by atoms with Gasteiger partial charge in [-0.15, -0.1) is 0 Å². The van der Waals surface area contributed by atoms with Crippen molar-refractivity contribution in [2.24, 2.45) is 5.92 Å². The molecule has 1 N–H and O–H groups in total. The number of urea groups is 1. The van der Waals surface area contributed by atoms with Crippen LogP contribution in [0.3, 0.4) is 0 Å². The van der Waals surface area contributed by atoms with Gasteiger partial charge in [0.2, 0.25) is 0 Å². The van der Waals surface area contributed by atoms with Crippen molar-refractivity contribution in [1.82, 2.24) is 10.2 Å². The molecule has 1 aliphatic carbocycles. The van der Waals surface area contributed by atoms with Gasteiger partial charge in [-0.3, -0.25) is 10.1 Å². The van der Waals surface area contributed by atoms with Crippen LogP contribution in [0, 0.1) is 5.92 Å². The molecule has 112 valence electrons. The van der Waals surface area contributed by atoms with Crippen LogP contribution in [-0.4, -0.2) is 22.4 Å². The topological polar surface area (TPSA) is 49.4 Å². The van der Waals surface area contributed by atoms with Gasteiger partial charge in [-0.05, 0) is 30.4 Å². The van der Waals surface area contributed by atoms with Gasteiger partial charge in [0, 0.05) is 11.6 Å². The molecule has 0 radical (unpaired) electrons. The second-order valence-corrected chi connectivity index (χ2v) is 6.58. The Hall–Kier alpha value is -1.55. The molecule has 0 aromatic heterocycles. The van der Waals surface area contributed by atoms with Crippen LogP contribution >= 0.6 is 11.6 Å². The van der Waals surface area contributed by atoms with Crippen LogP contribution in [-0.2, 0) is 11.3 Å². The molecule has 1 spiro atoms. The molecule has 2 atom stereocenters. The minimum Gasteiger partial charge on any atom is -0.305 e. The summed E-state index contributed by atoms with van der Waals surface area (Å²) in [4.78, 5) is 26.3. The van der Waals surface area contributed by atoms with Crippen molar-refractivity contribution >= 4 is 23.5 Å². The van der Waals surface area contributed by atoms with E-state index < -0.39 is 5.54 Å². The lowest BCUT2D eigenvalue weighted by molar-refractivity contribution is -0.129. The van der Waals surface area contributed by atoms with E-state index in [2.05, 4.69) is 12.2 Å². The van der Waals surface area contributed by atoms with E-state index in [1.807, 2.05) is 24.3 Å². The zero-order chi connectivity index (χ0) is 15.0. The fourth-order valence-corrected chi connectivity index (χ4v) is 3.79. The van der Waals surface area contributed by atoms with E-state index in [-0.39, 0.29) is 11.9 Å². The van der Waals surface area contributed by atoms with Crippen molar-refractivity contribution in [3.63, 3.8) is 0 Å². The summed E-state index contributed by atoms with van der Waals surface area (Å²) in [6, 6.07) is 7.17. The van der Waals surface area contributed by atoms with Crippen LogP contribution in [0.1, 0.15) is 38.2 Å². The average molecular weight is 307 g/mol. The van der Waals surface area contributed by atoms with Crippen molar-refractivity contribution < 1.29 is 9.59 Å². The molecule has 1 saturated carbocycles. The molecule has 2 aliphatic rings. The van der Waals surface area contributed by atoms with Crippen molar-refractivity contribution in [2.75, 3.05) is 0 Å². The van der Waals surface area contributed by atoms with Gasteiger partial charge in [-0.2, -0.15) is 0 Å². The lowest BCUT2D eigenvalue weighted by atomic mass is 9.75. The van der Waals surface area contributed by atoms with E-state index in [1.165, 1.54) is 0 Å². The Balaban J connectivity index is 1.93. The summed E-state index contributed by atoms with van der Waals surface area (Å²) in [7, 11) is 0. The predicted octanol–water partition coefficient (Wildman–Crippen LogP) is 3.34. The number of rotatable bonds is 2. The normalized spacial score (nSPS) is 29.0. The van der Waals surface area contributed by atoms with Crippen LogP contribution in [0.4, 0.5) is 4.79 Å². The summed E-state index contributed by atoms with van der Waals surface area (Å²) in [5.74, 6) is 0.301. The standard InChI is InChI=1S/C16H19ClN2O2/c1-11-5-4-8-16(9-11)14(20)18-15(21)19(16)10-12-6-2-3-7-13(12)17/h2-3,6-7,11H,4-5,8-10H2,1H3,(H,18,20,21). The molecule has 1 aromatic carbocycles. The molecule has 2 unspecified atom stereocenters. The summed E-state index contributed by atoms with van der Waals surface area (Å²) >= 11 is 6.20. The summed E-state index contributed by atoms with van der Waals surface area (Å²) in [6.07, 6.45) is 3.55. The van der Waals surface area contributed by atoms with Crippen LogP contribution in [0.2, 0.25) is 5.02 Å². The summed E-state index contributed by atoms with van der Waals surface area (Å²) < 4.78 is 0. The van der Waals surface area contributed by atoms with E-state index in [0.29, 0.717) is 17.5 Å². The van der Waals surface area contributed by atoms with E-state index in [9.17, 15) is 9.59 Å². The number of carbonyl (C=O) groups is 2. The van der Waals surface area contributed by atoms with E-state index >= 15 is 0 Å². The molecule has 2 fully saturated rings. The quantitative estimate of drug-likeness (QED) is 0.852. The maximum Gasteiger partial charge on any atom is 0.325 e. The smallest absolute Gasteiger partial charge is 0.305 e. The van der Waals surface area contributed by atoms with Gasteiger partial charge >= 0.3 is 6.03 Å². The first-order chi connectivity index (χ1) is 10.0. The third-order valence-electron chi connectivity index (χ3n) is 4.66. The third-order valence-corrected chi connectivity index (χ3v) is 5.03. The number of benzene rings is 1. The van der Waals surface area contributed by atoms with Crippen molar-refractivity contribution in [3.05, 3.63) is 34.9 Å². The number of amides is 3. The largest absolute Gasteiger partial charge is 0.325 e. The van der Waals surface area contributed by atoms with Crippen molar-refractivity contribution in [1.29, 1.82) is 0 Å². The van der Waals surface area contributed by atoms with Crippen LogP contribution in [0.15, 0.2) is 24.3 Å². The second-order valence-electron chi connectivity index (χ2n) is 6.17. The molecule has 1 aromatic rings. The van der Waals surface area contributed by atoms with Gasteiger partial charge in [0.15, 0.2) is 0 Å². The molecule has 1 heterocycles. The van der Waals surface area contributed by atoms with E-state index in [0.717, 1.165) is 31.2 Å². The molecule has 1 aliphatic heterocycles. The zero-order valence-electron chi connectivity index (χ0n) is 12.1. The molecule has 5 heteroatoms. The first-order valence-electron chi connectivity index (χ1n) is 7.39. The highest BCUT2D eigenvalue weighted by Crippen LogP contribution is 2.40. The molecule has 3 amide bonds. The molecule has 21 heavy (non-hydrogen) atoms. The first kappa shape index (κ1) is 14.4. The second kappa shape index (κ2) is 5.34. The Bertz CT molecular complexity index is 589. The lowest BCUT2D eigenvalue weighted by Crippen LogP contribution is -2.52. The Morgan fingerprint density at radius 1 is 1.38 bits per heavy atom. The molecule has 4 nitrogen and oxygen atoms in total. The number of nitrogens with zero attached hydrogens (tertiary/aromatic N) is 1. The highest BCUT2D eigenvalue weighted by molar-refractivity contribution is 6.31. The minimum absolute atomic E-state index is 0.147. The number of imide groups is 1. The van der Waals surface area contributed by atoms with Crippen LogP contribution in [0.5, 0.6) is 0 Å². The number of nitrogens with one attached hydrogen (secondary N) is 1. The van der Waals surface area contributed by atoms with Crippen LogP contribution < -0.4 is 5.32 Å². The summed E-state index contributed by atoms with van der Waals surface area (Å²) in [5.41, 5.74) is 0.190. The molecule has 3 rings (SSSR count). The maximum atomic E-state index is 12.4. The Morgan fingerprint density at radius 2 is 2.14 bits per heavy atom. The Labute approximate surface area is 129 Å². The van der Waals surface area contributed by atoms with Crippen LogP contribution in [0.25, 0.3) is 0 Å². The average Bonchev–Trinajstić information content (AvgIpc) is 2.65. The number of hydrogen-bond donors (Lipinski definition) is 1. The highest BCUT2D eigenvalue weighted by atomic mass is 35.5. The summed E-state index contributed by atoms with van der Waals surface area (Å²) in [6.45, 7) is 2.52. The highest BCUT2D eigenvalue weighted by Gasteiger charge is 2.54. The Morgan fingerprint density at radius 3 is 2.86 bits per heavy atom. The van der Waals surface area contributed by atoms with E-state index in [1.54, 1.807) is 4.90 Å². The van der Waals surface area contributed by atoms with Gasteiger partial charge in [-0.1, -0.05) is 49.6 Å². The SMILES string of the molecule is CC1CCCC2(C1)C(=O)NC(=O)N2Cc1ccccc1Cl. The van der Waals surface area contributed by atoms with Crippen molar-refractivity contribution in [2.45, 2.75) is 44.7 Å². The monoisotopic (exact) mass is 306 g/mol. The maximum absolute atomic E-state index is 12.4. The first-order valence-corrected chi connectivity index (χ1v) is 7.77.